The number of carbonyl (C=O) groups is 1. The van der Waals surface area contributed by atoms with Gasteiger partial charge in [-0.3, -0.25) is 4.79 Å². The molecule has 0 aliphatic carbocycles. The largest absolute Gasteiger partial charge is 0.468 e. The van der Waals surface area contributed by atoms with E-state index < -0.39 is 6.04 Å². The molecule has 0 heterocycles. The average Bonchev–Trinajstić information content (AvgIpc) is 2.37. The zero-order valence-corrected chi connectivity index (χ0v) is 10.6. The van der Waals surface area contributed by atoms with Gasteiger partial charge in [-0.2, -0.15) is 0 Å². The zero-order valence-electron chi connectivity index (χ0n) is 10.6. The third kappa shape index (κ3) is 4.57. The van der Waals surface area contributed by atoms with Crippen LogP contribution < -0.4 is 5.73 Å². The first kappa shape index (κ1) is 13.7. The van der Waals surface area contributed by atoms with Crippen LogP contribution in [-0.4, -0.2) is 19.1 Å². The van der Waals surface area contributed by atoms with Crippen LogP contribution in [0, 0.1) is 0 Å². The van der Waals surface area contributed by atoms with Crippen molar-refractivity contribution >= 4 is 5.97 Å². The number of ether oxygens (including phenoxy) is 1. The summed E-state index contributed by atoms with van der Waals surface area (Å²) in [5, 5.41) is 0. The molecule has 0 spiro atoms. The lowest BCUT2D eigenvalue weighted by Gasteiger charge is -2.09. The maximum Gasteiger partial charge on any atom is 0.322 e. The van der Waals surface area contributed by atoms with Crippen molar-refractivity contribution in [2.75, 3.05) is 7.11 Å². The summed E-state index contributed by atoms with van der Waals surface area (Å²) in [6.07, 6.45) is 4.05. The zero-order chi connectivity index (χ0) is 12.7. The Kier molecular flexibility index (Phi) is 5.70. The van der Waals surface area contributed by atoms with Crippen LogP contribution >= 0.6 is 0 Å². The number of rotatable bonds is 6. The van der Waals surface area contributed by atoms with Gasteiger partial charge >= 0.3 is 5.97 Å². The van der Waals surface area contributed by atoms with Gasteiger partial charge < -0.3 is 10.5 Å². The number of nitrogens with two attached hydrogens (primary N) is 1. The molecule has 0 amide bonds. The lowest BCUT2D eigenvalue weighted by atomic mass is 10.0. The normalized spacial score (nSPS) is 12.2. The molecule has 2 N–H and O–H groups in total. The van der Waals surface area contributed by atoms with Crippen molar-refractivity contribution in [3.05, 3.63) is 35.4 Å². The van der Waals surface area contributed by atoms with Gasteiger partial charge in [0.05, 0.1) is 7.11 Å². The smallest absolute Gasteiger partial charge is 0.322 e. The minimum atomic E-state index is -0.568. The van der Waals surface area contributed by atoms with Gasteiger partial charge in [0.2, 0.25) is 0 Å². The van der Waals surface area contributed by atoms with E-state index in [4.69, 9.17) is 5.73 Å². The van der Waals surface area contributed by atoms with E-state index in [0.717, 1.165) is 12.0 Å². The SMILES string of the molecule is CCCCc1ccc(C[C@@H](N)C(=O)OC)cc1. The van der Waals surface area contributed by atoms with E-state index in [1.165, 1.54) is 25.5 Å². The Morgan fingerprint density at radius 3 is 2.41 bits per heavy atom. The van der Waals surface area contributed by atoms with Gasteiger partial charge in [0, 0.05) is 0 Å². The lowest BCUT2D eigenvalue weighted by molar-refractivity contribution is -0.142. The van der Waals surface area contributed by atoms with E-state index >= 15 is 0 Å². The second-order valence-corrected chi connectivity index (χ2v) is 4.25. The van der Waals surface area contributed by atoms with E-state index in [0.29, 0.717) is 6.42 Å². The van der Waals surface area contributed by atoms with Crippen LogP contribution in [0.15, 0.2) is 24.3 Å². The summed E-state index contributed by atoms with van der Waals surface area (Å²) < 4.78 is 4.60. The number of carbonyl (C=O) groups excluding carboxylic acids is 1. The molecule has 1 rings (SSSR count). The second kappa shape index (κ2) is 7.07. The molecule has 0 saturated carbocycles. The summed E-state index contributed by atoms with van der Waals surface area (Å²) in [5.41, 5.74) is 8.11. The lowest BCUT2D eigenvalue weighted by Crippen LogP contribution is -2.33. The molecule has 1 aromatic rings. The van der Waals surface area contributed by atoms with Crippen LogP contribution in [0.2, 0.25) is 0 Å². The first-order chi connectivity index (χ1) is 8.17. The molecule has 0 radical (unpaired) electrons. The molecule has 17 heavy (non-hydrogen) atoms. The predicted molar refractivity (Wildman–Crippen MR) is 68.7 cm³/mol. The molecule has 1 atom stereocenters. The second-order valence-electron chi connectivity index (χ2n) is 4.25. The summed E-state index contributed by atoms with van der Waals surface area (Å²) in [6.45, 7) is 2.18. The van der Waals surface area contributed by atoms with E-state index in [2.05, 4.69) is 23.8 Å². The molecule has 0 bridgehead atoms. The maximum atomic E-state index is 11.2. The number of benzene rings is 1. The number of hydrogen-bond donors (Lipinski definition) is 1. The van der Waals surface area contributed by atoms with Crippen LogP contribution in [0.3, 0.4) is 0 Å². The van der Waals surface area contributed by atoms with Crippen LogP contribution in [0.4, 0.5) is 0 Å². The van der Waals surface area contributed by atoms with Crippen molar-refractivity contribution in [2.45, 2.75) is 38.6 Å². The Hall–Kier alpha value is -1.35. The Bertz CT molecular complexity index is 346. The van der Waals surface area contributed by atoms with Gasteiger partial charge in [-0.15, -0.1) is 0 Å². The van der Waals surface area contributed by atoms with Crippen LogP contribution in [-0.2, 0) is 22.4 Å². The van der Waals surface area contributed by atoms with Crippen molar-refractivity contribution in [1.29, 1.82) is 0 Å². The number of methoxy groups -OCH3 is 1. The van der Waals surface area contributed by atoms with Crippen molar-refractivity contribution in [2.24, 2.45) is 5.73 Å². The summed E-state index contributed by atoms with van der Waals surface area (Å²) >= 11 is 0. The molecule has 3 heteroatoms. The van der Waals surface area contributed by atoms with Crippen LogP contribution in [0.1, 0.15) is 30.9 Å². The standard InChI is InChI=1S/C14H21NO2/c1-3-4-5-11-6-8-12(9-7-11)10-13(15)14(16)17-2/h6-9,13H,3-5,10,15H2,1-2H3/t13-/m1/s1. The number of aryl methyl sites for hydroxylation is 1. The molecular formula is C14H21NO2. The van der Waals surface area contributed by atoms with E-state index in [9.17, 15) is 4.79 Å². The highest BCUT2D eigenvalue weighted by molar-refractivity contribution is 5.75. The van der Waals surface area contributed by atoms with Gasteiger partial charge in [-0.1, -0.05) is 37.6 Å². The topological polar surface area (TPSA) is 52.3 Å². The van der Waals surface area contributed by atoms with Gasteiger partial charge in [-0.05, 0) is 30.4 Å². The van der Waals surface area contributed by atoms with Gasteiger partial charge in [0.15, 0.2) is 0 Å². The highest BCUT2D eigenvalue weighted by Gasteiger charge is 2.13. The number of esters is 1. The first-order valence-corrected chi connectivity index (χ1v) is 6.08. The average molecular weight is 235 g/mol. The molecule has 3 nitrogen and oxygen atoms in total. The van der Waals surface area contributed by atoms with Crippen molar-refractivity contribution in [3.8, 4) is 0 Å². The quantitative estimate of drug-likeness (QED) is 0.768. The van der Waals surface area contributed by atoms with E-state index in [1.807, 2.05) is 12.1 Å². The fourth-order valence-corrected chi connectivity index (χ4v) is 1.71. The highest BCUT2D eigenvalue weighted by atomic mass is 16.5. The Morgan fingerprint density at radius 2 is 1.88 bits per heavy atom. The summed E-state index contributed by atoms with van der Waals surface area (Å²) in [6, 6.07) is 7.72. The Balaban J connectivity index is 2.53. The Morgan fingerprint density at radius 1 is 1.29 bits per heavy atom. The number of unbranched alkanes of at least 4 members (excludes halogenated alkanes) is 1. The molecular weight excluding hydrogens is 214 g/mol. The highest BCUT2D eigenvalue weighted by Crippen LogP contribution is 2.09. The minimum Gasteiger partial charge on any atom is -0.468 e. The van der Waals surface area contributed by atoms with Crippen molar-refractivity contribution < 1.29 is 9.53 Å². The van der Waals surface area contributed by atoms with Crippen molar-refractivity contribution in [1.82, 2.24) is 0 Å². The van der Waals surface area contributed by atoms with E-state index in [1.54, 1.807) is 0 Å². The molecule has 0 aliphatic heterocycles. The van der Waals surface area contributed by atoms with Crippen molar-refractivity contribution in [3.63, 3.8) is 0 Å². The minimum absolute atomic E-state index is 0.361. The fraction of sp³-hybridized carbons (Fsp3) is 0.500. The molecule has 0 aliphatic rings. The predicted octanol–water partition coefficient (Wildman–Crippen LogP) is 2.07. The van der Waals surface area contributed by atoms with Crippen LogP contribution in [0.5, 0.6) is 0 Å². The van der Waals surface area contributed by atoms with Gasteiger partial charge in [0.25, 0.3) is 0 Å². The third-order valence-corrected chi connectivity index (χ3v) is 2.80. The molecule has 0 unspecified atom stereocenters. The summed E-state index contributed by atoms with van der Waals surface area (Å²) in [4.78, 5) is 11.2. The molecule has 0 aromatic heterocycles. The summed E-state index contributed by atoms with van der Waals surface area (Å²) in [5.74, 6) is -0.361. The molecule has 1 aromatic carbocycles. The molecule has 94 valence electrons. The van der Waals surface area contributed by atoms with Gasteiger partial charge in [-0.25, -0.2) is 0 Å². The fourth-order valence-electron chi connectivity index (χ4n) is 1.71. The molecule has 0 saturated heterocycles. The third-order valence-electron chi connectivity index (χ3n) is 2.80. The van der Waals surface area contributed by atoms with E-state index in [-0.39, 0.29) is 5.97 Å². The Labute approximate surface area is 103 Å². The van der Waals surface area contributed by atoms with Gasteiger partial charge in [0.1, 0.15) is 6.04 Å². The van der Waals surface area contributed by atoms with Crippen LogP contribution in [0.25, 0.3) is 0 Å². The molecule has 0 fully saturated rings. The summed E-state index contributed by atoms with van der Waals surface area (Å²) in [7, 11) is 1.36. The number of hydrogen-bond acceptors (Lipinski definition) is 3. The maximum absolute atomic E-state index is 11.2. The monoisotopic (exact) mass is 235 g/mol. The first-order valence-electron chi connectivity index (χ1n) is 6.08.